The van der Waals surface area contributed by atoms with Crippen LogP contribution < -0.4 is 0 Å². The van der Waals surface area contributed by atoms with Crippen LogP contribution in [0, 0.1) is 0 Å². The highest BCUT2D eigenvalue weighted by Gasteiger charge is 2.41. The first-order valence-electron chi connectivity index (χ1n) is 9.74. The molecule has 146 valence electrons. The molecule has 2 amide bonds. The number of benzene rings is 1. The van der Waals surface area contributed by atoms with Gasteiger partial charge in [0.25, 0.3) is 11.8 Å². The Kier molecular flexibility index (Phi) is 4.90. The average Bonchev–Trinajstić information content (AvgIpc) is 3.40. The lowest BCUT2D eigenvalue weighted by Crippen LogP contribution is -2.47. The van der Waals surface area contributed by atoms with E-state index >= 15 is 0 Å². The number of carbonyl (C=O) groups is 2. The molecule has 3 heterocycles. The number of fused-ring (bicyclic) bond motifs is 1. The Balaban J connectivity index is 1.60. The topological polar surface area (TPSA) is 72.5 Å². The third-order valence-corrected chi connectivity index (χ3v) is 5.46. The SMILES string of the molecule is CCCCC(CN1C=CN(C)C1c1ncc[nH]1)N1C(=O)c2ccccc2C1=O. The van der Waals surface area contributed by atoms with Gasteiger partial charge in [0.1, 0.15) is 5.82 Å². The Hall–Kier alpha value is -3.09. The Labute approximate surface area is 164 Å². The van der Waals surface area contributed by atoms with E-state index in [1.54, 1.807) is 36.7 Å². The summed E-state index contributed by atoms with van der Waals surface area (Å²) < 4.78 is 0. The molecule has 0 aliphatic carbocycles. The smallest absolute Gasteiger partial charge is 0.261 e. The maximum atomic E-state index is 13.0. The fourth-order valence-electron chi connectivity index (χ4n) is 4.04. The van der Waals surface area contributed by atoms with Crippen LogP contribution in [0.15, 0.2) is 49.1 Å². The molecule has 28 heavy (non-hydrogen) atoms. The van der Waals surface area contributed by atoms with E-state index < -0.39 is 0 Å². The van der Waals surface area contributed by atoms with Crippen LogP contribution in [0.1, 0.15) is 58.9 Å². The Morgan fingerprint density at radius 3 is 2.46 bits per heavy atom. The number of imide groups is 1. The van der Waals surface area contributed by atoms with Crippen LogP contribution >= 0.6 is 0 Å². The number of nitrogens with zero attached hydrogens (tertiary/aromatic N) is 4. The summed E-state index contributed by atoms with van der Waals surface area (Å²) in [4.78, 5) is 39.2. The lowest BCUT2D eigenvalue weighted by molar-refractivity contribution is 0.0509. The van der Waals surface area contributed by atoms with Crippen LogP contribution in [-0.4, -0.2) is 56.1 Å². The molecule has 0 bridgehead atoms. The Morgan fingerprint density at radius 2 is 1.86 bits per heavy atom. The quantitative estimate of drug-likeness (QED) is 0.749. The van der Waals surface area contributed by atoms with Crippen LogP contribution in [0.3, 0.4) is 0 Å². The number of carbonyl (C=O) groups excluding carboxylic acids is 2. The van der Waals surface area contributed by atoms with Crippen molar-refractivity contribution in [2.24, 2.45) is 0 Å². The molecule has 7 nitrogen and oxygen atoms in total. The van der Waals surface area contributed by atoms with Gasteiger partial charge in [-0.05, 0) is 18.6 Å². The van der Waals surface area contributed by atoms with E-state index in [-0.39, 0.29) is 24.0 Å². The maximum Gasteiger partial charge on any atom is 0.261 e. The standard InChI is InChI=1S/C21H25N5O2/c1-3-4-7-15(26-20(27)16-8-5-6-9-17(16)21(26)28)14-25-13-12-24(2)19(25)18-22-10-11-23-18/h5-6,8-13,15,19H,3-4,7,14H2,1-2H3,(H,22,23). The zero-order chi connectivity index (χ0) is 19.7. The molecule has 2 aliphatic rings. The van der Waals surface area contributed by atoms with Gasteiger partial charge in [-0.2, -0.15) is 0 Å². The first-order chi connectivity index (χ1) is 13.6. The van der Waals surface area contributed by atoms with Gasteiger partial charge >= 0.3 is 0 Å². The molecule has 7 heteroatoms. The van der Waals surface area contributed by atoms with E-state index in [4.69, 9.17) is 0 Å². The minimum Gasteiger partial charge on any atom is -0.353 e. The van der Waals surface area contributed by atoms with Crippen molar-refractivity contribution in [3.05, 3.63) is 66.0 Å². The summed E-state index contributed by atoms with van der Waals surface area (Å²) in [6.45, 7) is 2.69. The van der Waals surface area contributed by atoms with E-state index in [1.807, 2.05) is 19.4 Å². The number of hydrogen-bond acceptors (Lipinski definition) is 5. The normalized spacial score (nSPS) is 19.6. The van der Waals surface area contributed by atoms with E-state index in [0.717, 1.165) is 25.1 Å². The van der Waals surface area contributed by atoms with Crippen molar-refractivity contribution in [1.82, 2.24) is 24.7 Å². The Bertz CT molecular complexity index is 857. The number of nitrogens with one attached hydrogen (secondary N) is 1. The zero-order valence-corrected chi connectivity index (χ0v) is 16.2. The van der Waals surface area contributed by atoms with Crippen LogP contribution in [0.25, 0.3) is 0 Å². The van der Waals surface area contributed by atoms with Crippen molar-refractivity contribution >= 4 is 11.8 Å². The molecule has 1 aromatic carbocycles. The number of aromatic nitrogens is 2. The molecule has 2 aliphatic heterocycles. The molecule has 1 aromatic heterocycles. The number of H-pyrrole nitrogens is 1. The minimum absolute atomic E-state index is 0.0747. The third kappa shape index (κ3) is 3.06. The number of rotatable bonds is 7. The highest BCUT2D eigenvalue weighted by molar-refractivity contribution is 6.21. The molecule has 2 unspecified atom stereocenters. The molecule has 0 radical (unpaired) electrons. The van der Waals surface area contributed by atoms with Crippen molar-refractivity contribution in [2.45, 2.75) is 38.4 Å². The van der Waals surface area contributed by atoms with Gasteiger partial charge in [-0.3, -0.25) is 14.5 Å². The van der Waals surface area contributed by atoms with Gasteiger partial charge in [-0.15, -0.1) is 0 Å². The highest BCUT2D eigenvalue weighted by Crippen LogP contribution is 2.31. The highest BCUT2D eigenvalue weighted by atomic mass is 16.2. The van der Waals surface area contributed by atoms with Gasteiger partial charge in [0.15, 0.2) is 6.17 Å². The fraction of sp³-hybridized carbons (Fsp3) is 0.381. The summed E-state index contributed by atoms with van der Waals surface area (Å²) in [6, 6.07) is 6.89. The number of unbranched alkanes of at least 4 members (excludes halogenated alkanes) is 1. The van der Waals surface area contributed by atoms with Gasteiger partial charge in [-0.25, -0.2) is 4.98 Å². The van der Waals surface area contributed by atoms with Gasteiger partial charge < -0.3 is 14.8 Å². The Morgan fingerprint density at radius 1 is 1.14 bits per heavy atom. The second kappa shape index (κ2) is 7.50. The molecule has 0 spiro atoms. The molecular formula is C21H25N5O2. The summed E-state index contributed by atoms with van der Waals surface area (Å²) in [5, 5.41) is 0. The summed E-state index contributed by atoms with van der Waals surface area (Å²) in [5.74, 6) is 0.463. The van der Waals surface area contributed by atoms with Crippen molar-refractivity contribution in [3.63, 3.8) is 0 Å². The predicted octanol–water partition coefficient (Wildman–Crippen LogP) is 2.98. The van der Waals surface area contributed by atoms with Gasteiger partial charge in [-0.1, -0.05) is 31.9 Å². The summed E-state index contributed by atoms with van der Waals surface area (Å²) in [6.07, 6.45) is 10.2. The summed E-state index contributed by atoms with van der Waals surface area (Å²) in [5.41, 5.74) is 1.01. The molecule has 2 atom stereocenters. The summed E-state index contributed by atoms with van der Waals surface area (Å²) in [7, 11) is 1.99. The lowest BCUT2D eigenvalue weighted by atomic mass is 10.1. The molecule has 1 N–H and O–H groups in total. The second-order valence-corrected chi connectivity index (χ2v) is 7.33. The number of hydrogen-bond donors (Lipinski definition) is 1. The van der Waals surface area contributed by atoms with E-state index in [1.165, 1.54) is 4.90 Å². The monoisotopic (exact) mass is 379 g/mol. The van der Waals surface area contributed by atoms with Crippen LogP contribution in [-0.2, 0) is 0 Å². The predicted molar refractivity (Wildman–Crippen MR) is 105 cm³/mol. The zero-order valence-electron chi connectivity index (χ0n) is 16.2. The molecule has 0 fully saturated rings. The van der Waals surface area contributed by atoms with Crippen molar-refractivity contribution < 1.29 is 9.59 Å². The first kappa shape index (κ1) is 18.3. The van der Waals surface area contributed by atoms with E-state index in [0.29, 0.717) is 17.7 Å². The van der Waals surface area contributed by atoms with E-state index in [2.05, 4.69) is 26.7 Å². The van der Waals surface area contributed by atoms with Crippen LogP contribution in [0.4, 0.5) is 0 Å². The third-order valence-electron chi connectivity index (χ3n) is 5.46. The van der Waals surface area contributed by atoms with Gasteiger partial charge in [0.2, 0.25) is 0 Å². The molecule has 0 saturated carbocycles. The molecular weight excluding hydrogens is 354 g/mol. The number of imidazole rings is 1. The average molecular weight is 379 g/mol. The van der Waals surface area contributed by atoms with E-state index in [9.17, 15) is 9.59 Å². The van der Waals surface area contributed by atoms with Crippen molar-refractivity contribution in [2.75, 3.05) is 13.6 Å². The number of aromatic amines is 1. The van der Waals surface area contributed by atoms with Gasteiger partial charge in [0.05, 0.1) is 17.2 Å². The minimum atomic E-state index is -0.194. The van der Waals surface area contributed by atoms with Crippen molar-refractivity contribution in [1.29, 1.82) is 0 Å². The molecule has 2 aromatic rings. The van der Waals surface area contributed by atoms with Crippen molar-refractivity contribution in [3.8, 4) is 0 Å². The lowest BCUT2D eigenvalue weighted by Gasteiger charge is -2.34. The fourth-order valence-corrected chi connectivity index (χ4v) is 4.04. The second-order valence-electron chi connectivity index (χ2n) is 7.33. The number of amides is 2. The van der Waals surface area contributed by atoms with Gasteiger partial charge in [0, 0.05) is 38.4 Å². The molecule has 4 rings (SSSR count). The van der Waals surface area contributed by atoms with Crippen LogP contribution in [0.5, 0.6) is 0 Å². The maximum absolute atomic E-state index is 13.0. The van der Waals surface area contributed by atoms with Crippen LogP contribution in [0.2, 0.25) is 0 Å². The molecule has 0 saturated heterocycles. The largest absolute Gasteiger partial charge is 0.353 e. The first-order valence-corrected chi connectivity index (χ1v) is 9.74. The summed E-state index contributed by atoms with van der Waals surface area (Å²) >= 11 is 0.